The van der Waals surface area contributed by atoms with Gasteiger partial charge in [-0.2, -0.15) is 0 Å². The molecule has 0 radical (unpaired) electrons. The molecule has 0 N–H and O–H groups in total. The van der Waals surface area contributed by atoms with Crippen LogP contribution in [-0.4, -0.2) is 18.3 Å². The summed E-state index contributed by atoms with van der Waals surface area (Å²) in [6.45, 7) is 10.0. The fourth-order valence-corrected chi connectivity index (χ4v) is 3.41. The van der Waals surface area contributed by atoms with Crippen LogP contribution in [0.5, 0.6) is 0 Å². The monoisotopic (exact) mass is 240 g/mol. The Morgan fingerprint density at radius 2 is 2.12 bits per heavy atom. The zero-order valence-electron chi connectivity index (χ0n) is 10.5. The van der Waals surface area contributed by atoms with Crippen LogP contribution in [-0.2, 0) is 9.53 Å². The van der Waals surface area contributed by atoms with E-state index in [1.807, 2.05) is 13.8 Å². The third-order valence-electron chi connectivity index (χ3n) is 3.03. The molecule has 16 heavy (non-hydrogen) atoms. The van der Waals surface area contributed by atoms with Gasteiger partial charge in [0.05, 0.1) is 13.0 Å². The Bertz CT molecular complexity index is 331. The number of ether oxygens (including phenoxy) is 1. The highest BCUT2D eigenvalue weighted by atomic mass is 32.2. The van der Waals surface area contributed by atoms with Gasteiger partial charge < -0.3 is 4.74 Å². The van der Waals surface area contributed by atoms with Gasteiger partial charge in [0.2, 0.25) is 0 Å². The van der Waals surface area contributed by atoms with E-state index in [2.05, 4.69) is 13.5 Å². The van der Waals surface area contributed by atoms with E-state index >= 15 is 0 Å². The van der Waals surface area contributed by atoms with Crippen LogP contribution in [0.15, 0.2) is 22.6 Å². The zero-order valence-corrected chi connectivity index (χ0v) is 11.3. The van der Waals surface area contributed by atoms with Crippen molar-refractivity contribution in [3.8, 4) is 0 Å². The summed E-state index contributed by atoms with van der Waals surface area (Å²) in [6.07, 6.45) is 1.97. The van der Waals surface area contributed by atoms with Crippen LogP contribution in [0.1, 0.15) is 33.6 Å². The number of thioether (sulfide) groups is 1. The number of rotatable bonds is 4. The zero-order chi connectivity index (χ0) is 12.3. The van der Waals surface area contributed by atoms with Crippen molar-refractivity contribution >= 4 is 17.7 Å². The number of carbonyl (C=O) groups is 1. The maximum atomic E-state index is 11.7. The molecule has 0 saturated carbocycles. The van der Waals surface area contributed by atoms with Crippen LogP contribution in [0.3, 0.4) is 0 Å². The summed E-state index contributed by atoms with van der Waals surface area (Å²) in [5, 5.41) is 0.323. The summed E-state index contributed by atoms with van der Waals surface area (Å²) < 4.78 is 4.88. The van der Waals surface area contributed by atoms with Crippen molar-refractivity contribution < 1.29 is 9.53 Å². The standard InChI is InChI=1S/C13H20O2S/c1-8(2)6-7-11-12(13(14)15-5)9(3)10(4)16-11/h11-12H,1,6-7H2,2-5H3/t11-,12+/m0/s1. The van der Waals surface area contributed by atoms with E-state index in [9.17, 15) is 4.79 Å². The fraction of sp³-hybridized carbons (Fsp3) is 0.615. The summed E-state index contributed by atoms with van der Waals surface area (Å²) >= 11 is 1.81. The Kier molecular flexibility index (Phi) is 4.66. The lowest BCUT2D eigenvalue weighted by Crippen LogP contribution is -2.25. The van der Waals surface area contributed by atoms with Crippen molar-refractivity contribution in [3.63, 3.8) is 0 Å². The van der Waals surface area contributed by atoms with Crippen LogP contribution in [0.2, 0.25) is 0 Å². The lowest BCUT2D eigenvalue weighted by molar-refractivity contribution is -0.144. The van der Waals surface area contributed by atoms with Crippen LogP contribution in [0.25, 0.3) is 0 Å². The van der Waals surface area contributed by atoms with Gasteiger partial charge in [0.15, 0.2) is 0 Å². The molecule has 0 bridgehead atoms. The highest BCUT2D eigenvalue weighted by Gasteiger charge is 2.37. The number of esters is 1. The van der Waals surface area contributed by atoms with E-state index in [0.717, 1.165) is 12.8 Å². The summed E-state index contributed by atoms with van der Waals surface area (Å²) in [4.78, 5) is 13.0. The first-order chi connectivity index (χ1) is 7.47. The largest absolute Gasteiger partial charge is 0.469 e. The van der Waals surface area contributed by atoms with E-state index in [4.69, 9.17) is 4.74 Å². The lowest BCUT2D eigenvalue weighted by Gasteiger charge is -2.18. The summed E-state index contributed by atoms with van der Waals surface area (Å²) in [5.41, 5.74) is 2.34. The quantitative estimate of drug-likeness (QED) is 0.555. The Balaban J connectivity index is 2.72. The number of allylic oxidation sites excluding steroid dienone is 2. The molecule has 1 rings (SSSR count). The molecule has 0 saturated heterocycles. The van der Waals surface area contributed by atoms with Gasteiger partial charge in [-0.15, -0.1) is 18.3 Å². The van der Waals surface area contributed by atoms with Gasteiger partial charge in [0.25, 0.3) is 0 Å². The Morgan fingerprint density at radius 3 is 2.62 bits per heavy atom. The molecule has 1 aliphatic rings. The average Bonchev–Trinajstić information content (AvgIpc) is 2.51. The molecule has 0 unspecified atom stereocenters. The molecule has 3 heteroatoms. The fourth-order valence-electron chi connectivity index (χ4n) is 1.96. The third-order valence-corrected chi connectivity index (χ3v) is 4.52. The second kappa shape index (κ2) is 5.58. The van der Waals surface area contributed by atoms with Crippen molar-refractivity contribution in [3.05, 3.63) is 22.6 Å². The molecule has 2 atom stereocenters. The van der Waals surface area contributed by atoms with Gasteiger partial charge in [-0.05, 0) is 44.1 Å². The predicted molar refractivity (Wildman–Crippen MR) is 69.3 cm³/mol. The first kappa shape index (κ1) is 13.4. The van der Waals surface area contributed by atoms with Crippen LogP contribution in [0.4, 0.5) is 0 Å². The number of carbonyl (C=O) groups excluding carboxylic acids is 1. The van der Waals surface area contributed by atoms with Gasteiger partial charge in [0.1, 0.15) is 0 Å². The van der Waals surface area contributed by atoms with Crippen LogP contribution < -0.4 is 0 Å². The second-order valence-corrected chi connectivity index (χ2v) is 5.85. The van der Waals surface area contributed by atoms with Gasteiger partial charge >= 0.3 is 5.97 Å². The van der Waals surface area contributed by atoms with Crippen LogP contribution in [0, 0.1) is 5.92 Å². The van der Waals surface area contributed by atoms with Gasteiger partial charge in [-0.1, -0.05) is 5.57 Å². The van der Waals surface area contributed by atoms with Crippen molar-refractivity contribution in [2.24, 2.45) is 5.92 Å². The second-order valence-electron chi connectivity index (χ2n) is 4.39. The smallest absolute Gasteiger partial charge is 0.313 e. The maximum absolute atomic E-state index is 11.7. The third kappa shape index (κ3) is 2.91. The van der Waals surface area contributed by atoms with Crippen molar-refractivity contribution in [1.29, 1.82) is 0 Å². The summed E-state index contributed by atoms with van der Waals surface area (Å²) in [6, 6.07) is 0. The van der Waals surface area contributed by atoms with Crippen molar-refractivity contribution in [1.82, 2.24) is 0 Å². The molecule has 2 nitrogen and oxygen atoms in total. The minimum Gasteiger partial charge on any atom is -0.469 e. The average molecular weight is 240 g/mol. The van der Waals surface area contributed by atoms with E-state index < -0.39 is 0 Å². The molecule has 0 fully saturated rings. The molecule has 0 aliphatic carbocycles. The van der Waals surface area contributed by atoms with Gasteiger partial charge in [0, 0.05) is 5.25 Å². The van der Waals surface area contributed by atoms with Crippen LogP contribution >= 0.6 is 11.8 Å². The van der Waals surface area contributed by atoms with E-state index in [1.165, 1.54) is 23.2 Å². The van der Waals surface area contributed by atoms with Crippen molar-refractivity contribution in [2.75, 3.05) is 7.11 Å². The summed E-state index contributed by atoms with van der Waals surface area (Å²) in [7, 11) is 1.46. The molecular weight excluding hydrogens is 220 g/mol. The molecule has 90 valence electrons. The Labute approximate surface area is 102 Å². The molecular formula is C13H20O2S. The topological polar surface area (TPSA) is 26.3 Å². The Hall–Kier alpha value is -0.700. The first-order valence-corrected chi connectivity index (χ1v) is 6.41. The van der Waals surface area contributed by atoms with E-state index in [0.29, 0.717) is 5.25 Å². The highest BCUT2D eigenvalue weighted by molar-refractivity contribution is 8.04. The first-order valence-electron chi connectivity index (χ1n) is 5.53. The lowest BCUT2D eigenvalue weighted by atomic mass is 9.93. The number of methoxy groups -OCH3 is 1. The predicted octanol–water partition coefficient (Wildman–Crippen LogP) is 3.54. The molecule has 0 aromatic heterocycles. The minimum absolute atomic E-state index is 0.0608. The maximum Gasteiger partial charge on any atom is 0.313 e. The molecule has 0 amide bonds. The van der Waals surface area contributed by atoms with Gasteiger partial charge in [-0.3, -0.25) is 4.79 Å². The van der Waals surface area contributed by atoms with Crippen molar-refractivity contribution in [2.45, 2.75) is 38.9 Å². The minimum atomic E-state index is -0.103. The molecule has 1 aliphatic heterocycles. The molecule has 0 aromatic carbocycles. The highest BCUT2D eigenvalue weighted by Crippen LogP contribution is 2.44. The van der Waals surface area contributed by atoms with E-state index in [1.54, 1.807) is 11.8 Å². The SMILES string of the molecule is C=C(C)CC[C@@H]1SC(C)=C(C)[C@H]1C(=O)OC. The number of hydrogen-bond acceptors (Lipinski definition) is 3. The number of hydrogen-bond donors (Lipinski definition) is 0. The summed E-state index contributed by atoms with van der Waals surface area (Å²) in [5.74, 6) is -0.164. The normalized spacial score (nSPS) is 24.8. The molecule has 0 spiro atoms. The van der Waals surface area contributed by atoms with E-state index in [-0.39, 0.29) is 11.9 Å². The van der Waals surface area contributed by atoms with Gasteiger partial charge in [-0.25, -0.2) is 0 Å². The Morgan fingerprint density at radius 1 is 1.50 bits per heavy atom. The molecule has 0 aromatic rings. The molecule has 1 heterocycles.